The molecule has 0 aromatic carbocycles. The van der Waals surface area contributed by atoms with E-state index in [4.69, 9.17) is 15.5 Å². The smallest absolute Gasteiger partial charge is 0.320 e. The van der Waals surface area contributed by atoms with Crippen LogP contribution in [-0.4, -0.2) is 74.7 Å². The molecule has 4 fully saturated rings. The summed E-state index contributed by atoms with van der Waals surface area (Å²) in [5, 5.41) is 7.56. The summed E-state index contributed by atoms with van der Waals surface area (Å²) in [4.78, 5) is 37.6. The summed E-state index contributed by atoms with van der Waals surface area (Å²) in [5.74, 6) is 3.14. The number of urea groups is 1. The zero-order valence-electron chi connectivity index (χ0n) is 20.2. The Kier molecular flexibility index (Phi) is 5.41. The highest BCUT2D eigenvalue weighted by atomic mass is 16.5. The zero-order chi connectivity index (χ0) is 24.2. The van der Waals surface area contributed by atoms with Crippen LogP contribution < -0.4 is 10.5 Å². The normalized spacial score (nSPS) is 22.1. The van der Waals surface area contributed by atoms with E-state index in [1.54, 1.807) is 12.3 Å². The standard InChI is InChI=1S/C25H33N7O3/c1-15-8-19(20(26)33)23(27-11-15)35-12-16-4-6-31(7-5-16)24(34)32-13-25(14-32)9-18(10-25)22-28-21(29-30-22)17-2-3-17/h8,11,16-18H,2-7,9-10,12-14H2,1H3,(H2,26,33)(H,28,29,30). The van der Waals surface area contributed by atoms with Crippen LogP contribution in [0.4, 0.5) is 4.79 Å². The van der Waals surface area contributed by atoms with E-state index in [1.807, 2.05) is 16.7 Å². The second kappa shape index (κ2) is 8.49. The number of primary amides is 1. The number of nitrogens with one attached hydrogen (secondary N) is 1. The van der Waals surface area contributed by atoms with Gasteiger partial charge in [-0.3, -0.25) is 9.89 Å². The number of nitrogens with two attached hydrogens (primary N) is 1. The number of aromatic nitrogens is 4. The number of rotatable bonds is 6. The highest BCUT2D eigenvalue weighted by Gasteiger charge is 2.55. The average molecular weight is 480 g/mol. The first kappa shape index (κ1) is 22.3. The Morgan fingerprint density at radius 3 is 2.57 bits per heavy atom. The average Bonchev–Trinajstić information content (AvgIpc) is 3.54. The molecule has 0 atom stereocenters. The summed E-state index contributed by atoms with van der Waals surface area (Å²) in [6, 6.07) is 1.86. The van der Waals surface area contributed by atoms with E-state index >= 15 is 0 Å². The SMILES string of the molecule is Cc1cnc(OCC2CCN(C(=O)N3CC4(CC(c5n[nH]c(C6CC6)n5)C4)C3)CC2)c(C(N)=O)c1. The van der Waals surface area contributed by atoms with Gasteiger partial charge in [0.15, 0.2) is 5.82 Å². The third-order valence-electron chi connectivity index (χ3n) is 8.13. The predicted octanol–water partition coefficient (Wildman–Crippen LogP) is 2.57. The number of pyridine rings is 1. The monoisotopic (exact) mass is 479 g/mol. The van der Waals surface area contributed by atoms with Gasteiger partial charge in [0.25, 0.3) is 5.91 Å². The Labute approximate surface area is 204 Å². The van der Waals surface area contributed by atoms with E-state index < -0.39 is 5.91 Å². The fraction of sp³-hybridized carbons (Fsp3) is 0.640. The van der Waals surface area contributed by atoms with Gasteiger partial charge in [0.05, 0.1) is 6.61 Å². The largest absolute Gasteiger partial charge is 0.477 e. The molecule has 2 aromatic heterocycles. The number of amides is 3. The van der Waals surface area contributed by atoms with Gasteiger partial charge in [0.2, 0.25) is 5.88 Å². The van der Waals surface area contributed by atoms with Gasteiger partial charge in [-0.15, -0.1) is 0 Å². The van der Waals surface area contributed by atoms with E-state index in [0.29, 0.717) is 35.8 Å². The van der Waals surface area contributed by atoms with Crippen molar-refractivity contribution in [1.29, 1.82) is 0 Å². The minimum Gasteiger partial charge on any atom is -0.477 e. The Hall–Kier alpha value is -3.17. The molecule has 186 valence electrons. The van der Waals surface area contributed by atoms with Crippen LogP contribution >= 0.6 is 0 Å². The summed E-state index contributed by atoms with van der Waals surface area (Å²) >= 11 is 0. The molecule has 4 aliphatic rings. The first-order valence-corrected chi connectivity index (χ1v) is 12.7. The molecule has 0 radical (unpaired) electrons. The molecule has 0 unspecified atom stereocenters. The lowest BCUT2D eigenvalue weighted by Gasteiger charge is -2.59. The molecule has 35 heavy (non-hydrogen) atoms. The second-order valence-corrected chi connectivity index (χ2v) is 11.1. The Morgan fingerprint density at radius 2 is 1.89 bits per heavy atom. The van der Waals surface area contributed by atoms with Crippen molar-refractivity contribution in [3.8, 4) is 5.88 Å². The van der Waals surface area contributed by atoms with Crippen LogP contribution in [0.1, 0.15) is 77.9 Å². The van der Waals surface area contributed by atoms with Crippen LogP contribution in [0, 0.1) is 18.3 Å². The number of nitrogens with zero attached hydrogens (tertiary/aromatic N) is 5. The molecule has 2 saturated carbocycles. The molecule has 2 aliphatic carbocycles. The lowest BCUT2D eigenvalue weighted by Crippen LogP contribution is -2.65. The van der Waals surface area contributed by atoms with Gasteiger partial charge in [-0.2, -0.15) is 5.10 Å². The third-order valence-corrected chi connectivity index (χ3v) is 8.13. The number of hydrogen-bond donors (Lipinski definition) is 2. The molecule has 10 heteroatoms. The molecule has 3 N–H and O–H groups in total. The number of piperidine rings is 1. The molecule has 3 amide bonds. The Bertz CT molecular complexity index is 1120. The van der Waals surface area contributed by atoms with E-state index in [0.717, 1.165) is 69.1 Å². The van der Waals surface area contributed by atoms with Gasteiger partial charge in [-0.1, -0.05) is 0 Å². The van der Waals surface area contributed by atoms with Gasteiger partial charge in [-0.05, 0) is 63.0 Å². The number of hydrogen-bond acceptors (Lipinski definition) is 6. The highest BCUT2D eigenvalue weighted by Crippen LogP contribution is 2.55. The van der Waals surface area contributed by atoms with Crippen molar-refractivity contribution in [3.63, 3.8) is 0 Å². The number of aromatic amines is 1. The number of H-pyrrole nitrogens is 1. The van der Waals surface area contributed by atoms with Crippen LogP contribution in [0.3, 0.4) is 0 Å². The summed E-state index contributed by atoms with van der Waals surface area (Å²) in [5.41, 5.74) is 6.91. The van der Waals surface area contributed by atoms with Crippen molar-refractivity contribution < 1.29 is 14.3 Å². The first-order chi connectivity index (χ1) is 16.9. The van der Waals surface area contributed by atoms with Gasteiger partial charge in [0, 0.05) is 49.6 Å². The van der Waals surface area contributed by atoms with Crippen LogP contribution in [0.25, 0.3) is 0 Å². The molecule has 1 spiro atoms. The van der Waals surface area contributed by atoms with Gasteiger partial charge in [0.1, 0.15) is 11.4 Å². The molecule has 6 rings (SSSR count). The van der Waals surface area contributed by atoms with Crippen LogP contribution in [0.5, 0.6) is 5.88 Å². The predicted molar refractivity (Wildman–Crippen MR) is 127 cm³/mol. The summed E-state index contributed by atoms with van der Waals surface area (Å²) in [7, 11) is 0. The van der Waals surface area contributed by atoms with Crippen molar-refractivity contribution in [3.05, 3.63) is 35.0 Å². The minimum atomic E-state index is -0.537. The number of carbonyl (C=O) groups is 2. The maximum atomic E-state index is 13.0. The maximum absolute atomic E-state index is 13.0. The van der Waals surface area contributed by atoms with E-state index in [-0.39, 0.29) is 11.4 Å². The Balaban J connectivity index is 0.936. The number of carbonyl (C=O) groups excluding carboxylic acids is 2. The first-order valence-electron chi connectivity index (χ1n) is 12.7. The Morgan fingerprint density at radius 1 is 1.14 bits per heavy atom. The number of ether oxygens (including phenoxy) is 1. The summed E-state index contributed by atoms with van der Waals surface area (Å²) in [6.45, 7) is 5.48. The molecular weight excluding hydrogens is 446 g/mol. The highest BCUT2D eigenvalue weighted by molar-refractivity contribution is 5.95. The van der Waals surface area contributed by atoms with Crippen molar-refractivity contribution in [2.45, 2.75) is 57.3 Å². The third kappa shape index (κ3) is 4.34. The lowest BCUT2D eigenvalue weighted by atomic mass is 9.57. The zero-order valence-corrected chi connectivity index (χ0v) is 20.2. The molecule has 4 heterocycles. The van der Waals surface area contributed by atoms with Gasteiger partial charge < -0.3 is 20.3 Å². The molecular formula is C25H33N7O3. The molecule has 10 nitrogen and oxygen atoms in total. The van der Waals surface area contributed by atoms with Crippen molar-refractivity contribution in [2.75, 3.05) is 32.8 Å². The van der Waals surface area contributed by atoms with Crippen LogP contribution in [-0.2, 0) is 0 Å². The topological polar surface area (TPSA) is 130 Å². The second-order valence-electron chi connectivity index (χ2n) is 11.1. The maximum Gasteiger partial charge on any atom is 0.320 e. The molecule has 2 saturated heterocycles. The fourth-order valence-corrected chi connectivity index (χ4v) is 5.87. The van der Waals surface area contributed by atoms with Crippen LogP contribution in [0.15, 0.2) is 12.3 Å². The molecule has 2 aliphatic heterocycles. The van der Waals surface area contributed by atoms with Crippen molar-refractivity contribution in [2.24, 2.45) is 17.1 Å². The summed E-state index contributed by atoms with van der Waals surface area (Å²) in [6.07, 6.45) is 8.04. The fourth-order valence-electron chi connectivity index (χ4n) is 5.87. The van der Waals surface area contributed by atoms with Crippen molar-refractivity contribution in [1.82, 2.24) is 30.0 Å². The van der Waals surface area contributed by atoms with Gasteiger partial charge in [-0.25, -0.2) is 14.8 Å². The summed E-state index contributed by atoms with van der Waals surface area (Å²) < 4.78 is 5.84. The van der Waals surface area contributed by atoms with Gasteiger partial charge >= 0.3 is 6.03 Å². The van der Waals surface area contributed by atoms with Crippen LogP contribution in [0.2, 0.25) is 0 Å². The molecule has 0 bridgehead atoms. The minimum absolute atomic E-state index is 0.156. The van der Waals surface area contributed by atoms with E-state index in [1.165, 1.54) is 12.8 Å². The quantitative estimate of drug-likeness (QED) is 0.655. The van der Waals surface area contributed by atoms with E-state index in [2.05, 4.69) is 15.2 Å². The molecule has 2 aromatic rings. The lowest BCUT2D eigenvalue weighted by molar-refractivity contribution is -0.0577. The van der Waals surface area contributed by atoms with Crippen molar-refractivity contribution >= 4 is 11.9 Å². The number of aryl methyl sites for hydroxylation is 1. The van der Waals surface area contributed by atoms with E-state index in [9.17, 15) is 9.59 Å². The number of likely N-dealkylation sites (tertiary alicyclic amines) is 2.